The Morgan fingerprint density at radius 1 is 1.13 bits per heavy atom. The second kappa shape index (κ2) is 8.15. The Kier molecular flexibility index (Phi) is 5.63. The number of ether oxygens (including phenoxy) is 1. The molecule has 11 heteroatoms. The second-order valence-electron chi connectivity index (χ2n) is 7.08. The van der Waals surface area contributed by atoms with Crippen LogP contribution in [0.5, 0.6) is 5.75 Å². The van der Waals surface area contributed by atoms with E-state index in [0.717, 1.165) is 18.2 Å². The predicted octanol–water partition coefficient (Wildman–Crippen LogP) is 3.14. The summed E-state index contributed by atoms with van der Waals surface area (Å²) in [6.45, 7) is 4.34. The van der Waals surface area contributed by atoms with Crippen molar-refractivity contribution in [3.63, 3.8) is 0 Å². The lowest BCUT2D eigenvalue weighted by atomic mass is 10.1. The molecule has 1 aliphatic heterocycles. The monoisotopic (exact) mass is 414 g/mol. The van der Waals surface area contributed by atoms with Crippen molar-refractivity contribution in [1.29, 1.82) is 0 Å². The lowest BCUT2D eigenvalue weighted by Gasteiger charge is -2.31. The number of non-ortho nitro benzene ring substituents is 2. The summed E-state index contributed by atoms with van der Waals surface area (Å²) in [5.41, 5.74) is -0.473. The molecule has 0 aliphatic carbocycles. The summed E-state index contributed by atoms with van der Waals surface area (Å²) in [5.74, 6) is -0.286. The number of rotatable bonds is 6. The molecule has 3 rings (SSSR count). The molecule has 0 bridgehead atoms. The van der Waals surface area contributed by atoms with Crippen LogP contribution in [0.25, 0.3) is 0 Å². The van der Waals surface area contributed by atoms with Crippen LogP contribution >= 0.6 is 0 Å². The van der Waals surface area contributed by atoms with E-state index in [4.69, 9.17) is 4.74 Å². The SMILES string of the molecule is CC(C)CN1C(=O)COc2cc(NC(=O)c3cc([N+](=O)[O-])cc([N+](=O)[O-])c3)ccc21. The molecular weight excluding hydrogens is 396 g/mol. The summed E-state index contributed by atoms with van der Waals surface area (Å²) in [6, 6.07) is 7.40. The van der Waals surface area contributed by atoms with Crippen molar-refractivity contribution in [2.24, 2.45) is 5.92 Å². The number of fused-ring (bicyclic) bond motifs is 1. The third-order valence-corrected chi connectivity index (χ3v) is 4.29. The first-order chi connectivity index (χ1) is 14.2. The van der Waals surface area contributed by atoms with Crippen LogP contribution in [0.2, 0.25) is 0 Å². The van der Waals surface area contributed by atoms with Crippen LogP contribution in [0.15, 0.2) is 36.4 Å². The van der Waals surface area contributed by atoms with Gasteiger partial charge in [0, 0.05) is 30.4 Å². The molecule has 0 unspecified atom stereocenters. The minimum absolute atomic E-state index is 0.131. The molecule has 0 atom stereocenters. The predicted molar refractivity (Wildman–Crippen MR) is 107 cm³/mol. The normalized spacial score (nSPS) is 12.9. The standard InChI is InChI=1S/C19H18N4O7/c1-11(2)9-21-16-4-3-13(7-17(16)30-10-18(21)24)20-19(25)12-5-14(22(26)27)8-15(6-12)23(28)29/h3-8,11H,9-10H2,1-2H3,(H,20,25). The molecule has 156 valence electrons. The molecule has 1 heterocycles. The van der Waals surface area contributed by atoms with Gasteiger partial charge in [0.25, 0.3) is 23.2 Å². The van der Waals surface area contributed by atoms with Crippen LogP contribution in [0.4, 0.5) is 22.7 Å². The topological polar surface area (TPSA) is 145 Å². The highest BCUT2D eigenvalue weighted by Gasteiger charge is 2.26. The average molecular weight is 414 g/mol. The number of nitro groups is 2. The molecular formula is C19H18N4O7. The lowest BCUT2D eigenvalue weighted by Crippen LogP contribution is -2.40. The van der Waals surface area contributed by atoms with E-state index in [1.54, 1.807) is 17.0 Å². The van der Waals surface area contributed by atoms with Crippen LogP contribution < -0.4 is 15.0 Å². The van der Waals surface area contributed by atoms with Crippen molar-refractivity contribution >= 4 is 34.6 Å². The number of carbonyl (C=O) groups is 2. The van der Waals surface area contributed by atoms with Crippen LogP contribution in [0.1, 0.15) is 24.2 Å². The Morgan fingerprint density at radius 3 is 2.33 bits per heavy atom. The van der Waals surface area contributed by atoms with E-state index >= 15 is 0 Å². The molecule has 2 aromatic carbocycles. The van der Waals surface area contributed by atoms with Gasteiger partial charge in [-0.15, -0.1) is 0 Å². The van der Waals surface area contributed by atoms with Crippen molar-refractivity contribution in [2.75, 3.05) is 23.4 Å². The molecule has 11 nitrogen and oxygen atoms in total. The van der Waals surface area contributed by atoms with E-state index < -0.39 is 27.1 Å². The molecule has 0 saturated carbocycles. The maximum absolute atomic E-state index is 12.5. The Hall–Kier alpha value is -4.02. The first-order valence-electron chi connectivity index (χ1n) is 8.98. The highest BCUT2D eigenvalue weighted by molar-refractivity contribution is 6.06. The zero-order valence-corrected chi connectivity index (χ0v) is 16.2. The zero-order valence-electron chi connectivity index (χ0n) is 16.2. The lowest BCUT2D eigenvalue weighted by molar-refractivity contribution is -0.394. The van der Waals surface area contributed by atoms with Gasteiger partial charge < -0.3 is 15.0 Å². The quantitative estimate of drug-likeness (QED) is 0.564. The molecule has 2 aromatic rings. The van der Waals surface area contributed by atoms with E-state index in [9.17, 15) is 29.8 Å². The minimum atomic E-state index is -0.809. The first-order valence-corrected chi connectivity index (χ1v) is 8.98. The molecule has 2 amide bonds. The van der Waals surface area contributed by atoms with Gasteiger partial charge >= 0.3 is 0 Å². The Balaban J connectivity index is 1.87. The number of anilines is 2. The number of nitro benzene ring substituents is 2. The summed E-state index contributed by atoms with van der Waals surface area (Å²) >= 11 is 0. The van der Waals surface area contributed by atoms with Crippen molar-refractivity contribution in [3.8, 4) is 5.75 Å². The second-order valence-corrected chi connectivity index (χ2v) is 7.08. The van der Waals surface area contributed by atoms with Gasteiger partial charge in [0.1, 0.15) is 5.75 Å². The Bertz CT molecular complexity index is 1020. The van der Waals surface area contributed by atoms with Crippen LogP contribution in [-0.4, -0.2) is 34.8 Å². The highest BCUT2D eigenvalue weighted by Crippen LogP contribution is 2.35. The first kappa shape index (κ1) is 20.7. The Morgan fingerprint density at radius 2 is 1.77 bits per heavy atom. The van der Waals surface area contributed by atoms with Crippen molar-refractivity contribution in [2.45, 2.75) is 13.8 Å². The average Bonchev–Trinajstić information content (AvgIpc) is 2.69. The summed E-state index contributed by atoms with van der Waals surface area (Å²) in [4.78, 5) is 46.7. The van der Waals surface area contributed by atoms with E-state index in [1.807, 2.05) is 13.8 Å². The van der Waals surface area contributed by atoms with Crippen LogP contribution in [-0.2, 0) is 4.79 Å². The third kappa shape index (κ3) is 4.35. The van der Waals surface area contributed by atoms with Crippen molar-refractivity contribution in [3.05, 3.63) is 62.2 Å². The maximum atomic E-state index is 12.5. The smallest absolute Gasteiger partial charge is 0.277 e. The molecule has 0 fully saturated rings. The number of nitrogens with zero attached hydrogens (tertiary/aromatic N) is 3. The highest BCUT2D eigenvalue weighted by atomic mass is 16.6. The number of benzene rings is 2. The number of nitrogens with one attached hydrogen (secondary N) is 1. The minimum Gasteiger partial charge on any atom is -0.481 e. The van der Waals surface area contributed by atoms with Gasteiger partial charge in [-0.2, -0.15) is 0 Å². The van der Waals surface area contributed by atoms with E-state index in [2.05, 4.69) is 5.32 Å². The van der Waals surface area contributed by atoms with Crippen molar-refractivity contribution < 1.29 is 24.2 Å². The van der Waals surface area contributed by atoms with Gasteiger partial charge in [0.2, 0.25) is 0 Å². The van der Waals surface area contributed by atoms with E-state index in [-0.39, 0.29) is 24.0 Å². The molecule has 1 N–H and O–H groups in total. The molecule has 0 aromatic heterocycles. The Labute approximate surface area is 170 Å². The molecule has 0 spiro atoms. The molecule has 0 radical (unpaired) electrons. The van der Waals surface area contributed by atoms with Gasteiger partial charge in [-0.1, -0.05) is 13.8 Å². The molecule has 1 aliphatic rings. The number of hydrogen-bond acceptors (Lipinski definition) is 7. The molecule has 0 saturated heterocycles. The number of hydrogen-bond donors (Lipinski definition) is 1. The molecule has 30 heavy (non-hydrogen) atoms. The largest absolute Gasteiger partial charge is 0.481 e. The number of carbonyl (C=O) groups excluding carboxylic acids is 2. The summed E-state index contributed by atoms with van der Waals surface area (Å²) in [7, 11) is 0. The number of amides is 2. The summed E-state index contributed by atoms with van der Waals surface area (Å²) < 4.78 is 5.46. The fraction of sp³-hybridized carbons (Fsp3) is 0.263. The van der Waals surface area contributed by atoms with Gasteiger partial charge in [0.15, 0.2) is 6.61 Å². The van der Waals surface area contributed by atoms with E-state index in [1.165, 1.54) is 6.07 Å². The van der Waals surface area contributed by atoms with Gasteiger partial charge in [-0.25, -0.2) is 0 Å². The van der Waals surface area contributed by atoms with Gasteiger partial charge in [-0.3, -0.25) is 29.8 Å². The summed E-state index contributed by atoms with van der Waals surface area (Å²) in [6.07, 6.45) is 0. The maximum Gasteiger partial charge on any atom is 0.277 e. The van der Waals surface area contributed by atoms with Crippen molar-refractivity contribution in [1.82, 2.24) is 0 Å². The third-order valence-electron chi connectivity index (χ3n) is 4.29. The fourth-order valence-electron chi connectivity index (χ4n) is 2.99. The van der Waals surface area contributed by atoms with Gasteiger partial charge in [-0.05, 0) is 18.1 Å². The van der Waals surface area contributed by atoms with Crippen LogP contribution in [0, 0.1) is 26.1 Å². The van der Waals surface area contributed by atoms with Crippen LogP contribution in [0.3, 0.4) is 0 Å². The van der Waals surface area contributed by atoms with E-state index in [0.29, 0.717) is 23.7 Å². The fourth-order valence-corrected chi connectivity index (χ4v) is 2.99. The summed E-state index contributed by atoms with van der Waals surface area (Å²) in [5, 5.41) is 24.6. The van der Waals surface area contributed by atoms with Gasteiger partial charge in [0.05, 0.1) is 27.2 Å². The zero-order chi connectivity index (χ0) is 22.0.